The summed E-state index contributed by atoms with van der Waals surface area (Å²) in [5.41, 5.74) is 3.51. The van der Waals surface area contributed by atoms with Crippen LogP contribution in [0, 0.1) is 6.92 Å². The van der Waals surface area contributed by atoms with Crippen LogP contribution in [0.15, 0.2) is 30.5 Å². The van der Waals surface area contributed by atoms with Crippen LogP contribution in [0.1, 0.15) is 45.8 Å². The number of aryl methyl sites for hydroxylation is 2. The second-order valence-electron chi connectivity index (χ2n) is 8.12. The number of amides is 1. The van der Waals surface area contributed by atoms with Crippen molar-refractivity contribution in [1.29, 1.82) is 0 Å². The monoisotopic (exact) mass is 426 g/mol. The number of rotatable bonds is 7. The minimum Gasteiger partial charge on any atom is -0.395 e. The molecule has 1 aliphatic rings. The number of piperidine rings is 1. The summed E-state index contributed by atoms with van der Waals surface area (Å²) in [5.74, 6) is -0.0780. The highest BCUT2D eigenvalue weighted by Crippen LogP contribution is 2.34. The van der Waals surface area contributed by atoms with Gasteiger partial charge in [0.05, 0.1) is 17.2 Å². The van der Waals surface area contributed by atoms with Gasteiger partial charge in [-0.2, -0.15) is 5.10 Å². The van der Waals surface area contributed by atoms with Gasteiger partial charge in [-0.1, -0.05) is 24.6 Å². The van der Waals surface area contributed by atoms with Gasteiger partial charge in [-0.15, -0.1) is 11.3 Å². The summed E-state index contributed by atoms with van der Waals surface area (Å²) in [6.45, 7) is 4.28. The summed E-state index contributed by atoms with van der Waals surface area (Å²) >= 11 is 1.56. The predicted molar refractivity (Wildman–Crippen MR) is 121 cm³/mol. The third-order valence-electron chi connectivity index (χ3n) is 5.98. The average Bonchev–Trinajstić information content (AvgIpc) is 3.27. The molecule has 1 unspecified atom stereocenters. The molecule has 0 spiro atoms. The van der Waals surface area contributed by atoms with E-state index in [1.807, 2.05) is 23.9 Å². The van der Waals surface area contributed by atoms with Crippen LogP contribution in [0.25, 0.3) is 10.1 Å². The van der Waals surface area contributed by atoms with Crippen LogP contribution in [-0.4, -0.2) is 51.4 Å². The Labute approximate surface area is 181 Å². The van der Waals surface area contributed by atoms with E-state index in [1.165, 1.54) is 23.8 Å². The van der Waals surface area contributed by atoms with Gasteiger partial charge in [0.25, 0.3) is 5.91 Å². The number of benzene rings is 1. The van der Waals surface area contributed by atoms with E-state index in [2.05, 4.69) is 40.6 Å². The molecular weight excluding hydrogens is 396 g/mol. The highest BCUT2D eigenvalue weighted by molar-refractivity contribution is 7.21. The summed E-state index contributed by atoms with van der Waals surface area (Å²) in [6, 6.07) is 8.69. The minimum atomic E-state index is -0.0780. The van der Waals surface area contributed by atoms with Crippen molar-refractivity contribution < 1.29 is 9.90 Å². The van der Waals surface area contributed by atoms with Gasteiger partial charge in [0.2, 0.25) is 0 Å². The largest absolute Gasteiger partial charge is 0.395 e. The molecular formula is C23H30N4O2S. The first kappa shape index (κ1) is 21.0. The van der Waals surface area contributed by atoms with E-state index >= 15 is 0 Å². The van der Waals surface area contributed by atoms with Crippen molar-refractivity contribution in [2.75, 3.05) is 19.7 Å². The third-order valence-corrected chi connectivity index (χ3v) is 7.19. The fourth-order valence-electron chi connectivity index (χ4n) is 4.49. The Morgan fingerprint density at radius 1 is 1.33 bits per heavy atom. The lowest BCUT2D eigenvalue weighted by molar-refractivity contribution is 0.0946. The fraction of sp³-hybridized carbons (Fsp3) is 0.478. The van der Waals surface area contributed by atoms with Crippen molar-refractivity contribution in [2.24, 2.45) is 7.05 Å². The van der Waals surface area contributed by atoms with Crippen molar-refractivity contribution in [3.05, 3.63) is 52.2 Å². The molecule has 0 saturated carbocycles. The van der Waals surface area contributed by atoms with Crippen molar-refractivity contribution >= 4 is 27.3 Å². The lowest BCUT2D eigenvalue weighted by Crippen LogP contribution is -2.40. The van der Waals surface area contributed by atoms with Crippen molar-refractivity contribution in [3.63, 3.8) is 0 Å². The zero-order valence-electron chi connectivity index (χ0n) is 17.7. The van der Waals surface area contributed by atoms with E-state index in [-0.39, 0.29) is 19.1 Å². The molecule has 6 nitrogen and oxygen atoms in total. The molecule has 4 rings (SSSR count). The maximum absolute atomic E-state index is 12.8. The van der Waals surface area contributed by atoms with Gasteiger partial charge in [0, 0.05) is 42.6 Å². The van der Waals surface area contributed by atoms with E-state index in [4.69, 9.17) is 5.11 Å². The van der Waals surface area contributed by atoms with Gasteiger partial charge < -0.3 is 10.4 Å². The second kappa shape index (κ2) is 9.29. The SMILES string of the molecule is Cc1nn(C)cc1CN1CCCCC1Cc1c(C(=O)NCCO)sc2ccccc12. The van der Waals surface area contributed by atoms with E-state index in [9.17, 15) is 4.79 Å². The number of nitrogens with zero attached hydrogens (tertiary/aromatic N) is 3. The fourth-order valence-corrected chi connectivity index (χ4v) is 5.64. The third kappa shape index (κ3) is 4.43. The van der Waals surface area contributed by atoms with E-state index in [0.717, 1.165) is 46.8 Å². The number of aliphatic hydroxyl groups excluding tert-OH is 1. The molecule has 1 aliphatic heterocycles. The molecule has 0 radical (unpaired) electrons. The van der Waals surface area contributed by atoms with E-state index in [1.54, 1.807) is 11.3 Å². The average molecular weight is 427 g/mol. The lowest BCUT2D eigenvalue weighted by Gasteiger charge is -2.36. The summed E-state index contributed by atoms with van der Waals surface area (Å²) in [7, 11) is 1.97. The number of hydrogen-bond acceptors (Lipinski definition) is 5. The zero-order valence-corrected chi connectivity index (χ0v) is 18.5. The van der Waals surface area contributed by atoms with Crippen LogP contribution >= 0.6 is 11.3 Å². The summed E-state index contributed by atoms with van der Waals surface area (Å²) in [6.07, 6.45) is 6.56. The van der Waals surface area contributed by atoms with Crippen LogP contribution in [-0.2, 0) is 20.0 Å². The Bertz CT molecular complexity index is 1030. The second-order valence-corrected chi connectivity index (χ2v) is 9.18. The van der Waals surface area contributed by atoms with Crippen LogP contribution in [0.3, 0.4) is 0 Å². The summed E-state index contributed by atoms with van der Waals surface area (Å²) < 4.78 is 3.03. The number of carbonyl (C=O) groups is 1. The Morgan fingerprint density at radius 3 is 2.93 bits per heavy atom. The van der Waals surface area contributed by atoms with Gasteiger partial charge in [0.15, 0.2) is 0 Å². The number of fused-ring (bicyclic) bond motifs is 1. The number of aliphatic hydroxyl groups is 1. The molecule has 1 fully saturated rings. The molecule has 160 valence electrons. The van der Waals surface area contributed by atoms with Gasteiger partial charge in [0.1, 0.15) is 0 Å². The van der Waals surface area contributed by atoms with E-state index in [0.29, 0.717) is 6.04 Å². The number of carbonyl (C=O) groups excluding carboxylic acids is 1. The Morgan fingerprint density at radius 2 is 2.17 bits per heavy atom. The molecule has 1 aromatic carbocycles. The summed E-state index contributed by atoms with van der Waals surface area (Å²) in [5, 5.41) is 17.6. The molecule has 0 aliphatic carbocycles. The highest BCUT2D eigenvalue weighted by Gasteiger charge is 2.27. The molecule has 1 amide bonds. The predicted octanol–water partition coefficient (Wildman–Crippen LogP) is 3.26. The van der Waals surface area contributed by atoms with Gasteiger partial charge in [-0.3, -0.25) is 14.4 Å². The van der Waals surface area contributed by atoms with Crippen LogP contribution < -0.4 is 5.32 Å². The smallest absolute Gasteiger partial charge is 0.261 e. The highest BCUT2D eigenvalue weighted by atomic mass is 32.1. The van der Waals surface area contributed by atoms with Gasteiger partial charge in [-0.05, 0) is 49.7 Å². The molecule has 2 aromatic heterocycles. The molecule has 3 heterocycles. The van der Waals surface area contributed by atoms with Crippen molar-refractivity contribution in [1.82, 2.24) is 20.0 Å². The standard InChI is InChI=1S/C23H30N4O2S/c1-16-17(14-26(2)25-16)15-27-11-6-5-7-18(27)13-20-19-8-3-4-9-21(19)30-22(20)23(29)24-10-12-28/h3-4,8-9,14,18,28H,5-7,10-13,15H2,1-2H3,(H,24,29). The number of likely N-dealkylation sites (tertiary alicyclic amines) is 1. The lowest BCUT2D eigenvalue weighted by atomic mass is 9.93. The number of thiophene rings is 1. The molecule has 3 aromatic rings. The molecule has 0 bridgehead atoms. The Hall–Kier alpha value is -2.22. The normalized spacial score (nSPS) is 17.5. The van der Waals surface area contributed by atoms with Gasteiger partial charge in [-0.25, -0.2) is 0 Å². The number of nitrogens with one attached hydrogen (secondary N) is 1. The Kier molecular flexibility index (Phi) is 6.51. The first-order valence-electron chi connectivity index (χ1n) is 10.7. The quantitative estimate of drug-likeness (QED) is 0.608. The molecule has 1 saturated heterocycles. The molecule has 30 heavy (non-hydrogen) atoms. The molecule has 7 heteroatoms. The maximum Gasteiger partial charge on any atom is 0.261 e. The minimum absolute atomic E-state index is 0.0488. The first-order valence-corrected chi connectivity index (χ1v) is 11.5. The van der Waals surface area contributed by atoms with Gasteiger partial charge >= 0.3 is 0 Å². The zero-order chi connectivity index (χ0) is 21.1. The number of aromatic nitrogens is 2. The van der Waals surface area contributed by atoms with Crippen LogP contribution in [0.5, 0.6) is 0 Å². The topological polar surface area (TPSA) is 70.4 Å². The summed E-state index contributed by atoms with van der Waals surface area (Å²) in [4.78, 5) is 16.2. The maximum atomic E-state index is 12.8. The number of hydrogen-bond donors (Lipinski definition) is 2. The molecule has 1 atom stereocenters. The van der Waals surface area contributed by atoms with Crippen LogP contribution in [0.2, 0.25) is 0 Å². The van der Waals surface area contributed by atoms with Crippen LogP contribution in [0.4, 0.5) is 0 Å². The van der Waals surface area contributed by atoms with E-state index < -0.39 is 0 Å². The Balaban J connectivity index is 1.62. The van der Waals surface area contributed by atoms with Crippen molar-refractivity contribution in [2.45, 2.75) is 45.2 Å². The molecule has 2 N–H and O–H groups in total. The van der Waals surface area contributed by atoms with Crippen molar-refractivity contribution in [3.8, 4) is 0 Å². The first-order chi connectivity index (χ1) is 14.6.